The normalized spacial score (nSPS) is 16.9. The Morgan fingerprint density at radius 2 is 1.83 bits per heavy atom. The van der Waals surface area contributed by atoms with Crippen LogP contribution in [-0.2, 0) is 4.79 Å². The number of nitrogens with zero attached hydrogens (tertiary/aromatic N) is 3. The summed E-state index contributed by atoms with van der Waals surface area (Å²) in [6.07, 6.45) is 1.77. The second-order valence-corrected chi connectivity index (χ2v) is 8.16. The van der Waals surface area contributed by atoms with E-state index in [1.165, 1.54) is 0 Å². The lowest BCUT2D eigenvalue weighted by molar-refractivity contribution is -0.134. The number of aromatic nitrogens is 1. The Bertz CT molecular complexity index is 933. The monoisotopic (exact) mass is 410 g/mol. The van der Waals surface area contributed by atoms with E-state index in [0.29, 0.717) is 23.4 Å². The van der Waals surface area contributed by atoms with E-state index in [1.807, 2.05) is 38.1 Å². The molecule has 0 aliphatic carbocycles. The number of piperidine rings is 1. The van der Waals surface area contributed by atoms with Crippen molar-refractivity contribution in [3.63, 3.8) is 0 Å². The summed E-state index contributed by atoms with van der Waals surface area (Å²) in [5, 5.41) is 0. The molecule has 0 saturated carbocycles. The summed E-state index contributed by atoms with van der Waals surface area (Å²) >= 11 is 0. The van der Waals surface area contributed by atoms with Crippen LogP contribution in [0.4, 0.5) is 0 Å². The highest BCUT2D eigenvalue weighted by atomic mass is 16.2. The van der Waals surface area contributed by atoms with E-state index in [2.05, 4.69) is 10.3 Å². The molecule has 1 aliphatic heterocycles. The highest BCUT2D eigenvalue weighted by Gasteiger charge is 2.28. The van der Waals surface area contributed by atoms with Crippen LogP contribution >= 0.6 is 0 Å². The first kappa shape index (κ1) is 21.8. The van der Waals surface area contributed by atoms with E-state index in [4.69, 9.17) is 0 Å². The molecule has 2 aromatic rings. The van der Waals surface area contributed by atoms with Crippen molar-refractivity contribution < 1.29 is 14.4 Å². The number of benzene rings is 1. The molecule has 160 valence electrons. The molecule has 1 N–H and O–H groups in total. The fourth-order valence-electron chi connectivity index (χ4n) is 4.03. The molecule has 7 heteroatoms. The molecule has 1 fully saturated rings. The fourth-order valence-corrected chi connectivity index (χ4v) is 4.03. The number of carbonyl (C=O) groups is 3. The molecule has 7 nitrogen and oxygen atoms in total. The molecule has 1 atom stereocenters. The maximum atomic E-state index is 13.0. The summed E-state index contributed by atoms with van der Waals surface area (Å²) in [6.45, 7) is 5.38. The van der Waals surface area contributed by atoms with Gasteiger partial charge in [0.2, 0.25) is 5.91 Å². The molecule has 1 saturated heterocycles. The summed E-state index contributed by atoms with van der Waals surface area (Å²) in [7, 11) is 3.54. The molecular weight excluding hydrogens is 380 g/mol. The topological polar surface area (TPSA) is 74.7 Å². The maximum absolute atomic E-state index is 13.0. The van der Waals surface area contributed by atoms with Gasteiger partial charge in [0, 0.05) is 43.2 Å². The van der Waals surface area contributed by atoms with Crippen molar-refractivity contribution in [2.45, 2.75) is 26.7 Å². The molecule has 1 aliphatic rings. The van der Waals surface area contributed by atoms with Crippen LogP contribution in [0.2, 0.25) is 0 Å². The average molecular weight is 411 g/mol. The van der Waals surface area contributed by atoms with Crippen molar-refractivity contribution in [3.05, 3.63) is 58.9 Å². The number of carbonyl (C=O) groups excluding carboxylic acids is 3. The van der Waals surface area contributed by atoms with Crippen LogP contribution in [-0.4, -0.2) is 65.8 Å². The molecule has 0 bridgehead atoms. The van der Waals surface area contributed by atoms with Crippen LogP contribution in [0, 0.1) is 19.8 Å². The first-order chi connectivity index (χ1) is 14.3. The summed E-state index contributed by atoms with van der Waals surface area (Å²) < 4.78 is 1.66. The Labute approximate surface area is 177 Å². The molecule has 0 radical (unpaired) electrons. The Morgan fingerprint density at radius 1 is 1.13 bits per heavy atom. The van der Waals surface area contributed by atoms with Crippen molar-refractivity contribution in [1.82, 2.24) is 14.5 Å². The predicted octanol–water partition coefficient (Wildman–Crippen LogP) is 2.47. The number of aryl methyl sites for hydroxylation is 1. The molecule has 3 rings (SSSR count). The van der Waals surface area contributed by atoms with E-state index >= 15 is 0 Å². The zero-order valence-electron chi connectivity index (χ0n) is 18.1. The number of likely N-dealkylation sites (tertiary alicyclic amines) is 1. The van der Waals surface area contributed by atoms with E-state index < -0.39 is 0 Å². The quantitative estimate of drug-likeness (QED) is 0.743. The summed E-state index contributed by atoms with van der Waals surface area (Å²) in [5.41, 5.74) is 5.53. The van der Waals surface area contributed by atoms with Crippen molar-refractivity contribution in [2.24, 2.45) is 5.92 Å². The fraction of sp³-hybridized carbons (Fsp3) is 0.435. The van der Waals surface area contributed by atoms with Crippen LogP contribution in [0.15, 0.2) is 36.4 Å². The minimum Gasteiger partial charge on any atom is -0.349 e. The minimum absolute atomic E-state index is 0.00117. The Hall–Kier alpha value is -2.93. The van der Waals surface area contributed by atoms with Crippen LogP contribution in [0.1, 0.15) is 44.9 Å². The third-order valence-corrected chi connectivity index (χ3v) is 5.64. The van der Waals surface area contributed by atoms with Gasteiger partial charge >= 0.3 is 0 Å². The van der Waals surface area contributed by atoms with Crippen LogP contribution < -0.4 is 5.43 Å². The number of nitrogens with one attached hydrogen (secondary N) is 1. The molecule has 1 aromatic carbocycles. The smallest absolute Gasteiger partial charge is 0.270 e. The number of Topliss-reactive ketones (excluding diaryl/α,β-unsaturated/α-hetero) is 1. The predicted molar refractivity (Wildman–Crippen MR) is 116 cm³/mol. The Kier molecular flexibility index (Phi) is 6.72. The van der Waals surface area contributed by atoms with E-state index in [-0.39, 0.29) is 30.1 Å². The van der Waals surface area contributed by atoms with Crippen molar-refractivity contribution in [1.29, 1.82) is 0 Å². The standard InChI is InChI=1S/C23H30N4O3/c1-16-13-20(17(2)27(16)24-22(29)18-9-6-5-7-10-18)21(28)15-26-12-8-11-19(14-26)23(30)25(3)4/h5-7,9-10,13,19H,8,11-12,14-15H2,1-4H3,(H,24,29). The molecule has 0 spiro atoms. The molecule has 1 unspecified atom stereocenters. The Balaban J connectivity index is 1.69. The minimum atomic E-state index is -0.225. The van der Waals surface area contributed by atoms with Gasteiger partial charge in [0.15, 0.2) is 5.78 Å². The van der Waals surface area contributed by atoms with E-state index in [9.17, 15) is 14.4 Å². The lowest BCUT2D eigenvalue weighted by atomic mass is 9.96. The van der Waals surface area contributed by atoms with Gasteiger partial charge in [-0.25, -0.2) is 0 Å². The number of amides is 2. The van der Waals surface area contributed by atoms with Gasteiger partial charge in [-0.05, 0) is 51.4 Å². The second-order valence-electron chi connectivity index (χ2n) is 8.16. The largest absolute Gasteiger partial charge is 0.349 e. The van der Waals surface area contributed by atoms with Gasteiger partial charge in [0.25, 0.3) is 5.91 Å². The van der Waals surface area contributed by atoms with Crippen LogP contribution in [0.5, 0.6) is 0 Å². The Morgan fingerprint density at radius 3 is 2.50 bits per heavy atom. The first-order valence-electron chi connectivity index (χ1n) is 10.3. The molecule has 30 heavy (non-hydrogen) atoms. The lowest BCUT2D eigenvalue weighted by Gasteiger charge is -2.32. The van der Waals surface area contributed by atoms with Gasteiger partial charge in [0.1, 0.15) is 0 Å². The number of ketones is 1. The van der Waals surface area contributed by atoms with Crippen molar-refractivity contribution >= 4 is 17.6 Å². The van der Waals surface area contributed by atoms with Gasteiger partial charge in [-0.3, -0.25) is 29.4 Å². The average Bonchev–Trinajstić information content (AvgIpc) is 3.02. The molecule has 2 heterocycles. The van der Waals surface area contributed by atoms with E-state index in [0.717, 1.165) is 25.1 Å². The highest BCUT2D eigenvalue weighted by molar-refractivity contribution is 6.01. The summed E-state index contributed by atoms with van der Waals surface area (Å²) in [5.74, 6) is -0.160. The first-order valence-corrected chi connectivity index (χ1v) is 10.3. The summed E-state index contributed by atoms with van der Waals surface area (Å²) in [4.78, 5) is 41.5. The summed E-state index contributed by atoms with van der Waals surface area (Å²) in [6, 6.07) is 10.8. The van der Waals surface area contributed by atoms with Crippen molar-refractivity contribution in [2.75, 3.05) is 39.2 Å². The van der Waals surface area contributed by atoms with Crippen molar-refractivity contribution in [3.8, 4) is 0 Å². The second kappa shape index (κ2) is 9.26. The number of hydrogen-bond donors (Lipinski definition) is 1. The molecule has 1 aromatic heterocycles. The van der Waals surface area contributed by atoms with Gasteiger partial charge in [0.05, 0.1) is 12.5 Å². The lowest BCUT2D eigenvalue weighted by Crippen LogP contribution is -2.44. The third-order valence-electron chi connectivity index (χ3n) is 5.64. The third kappa shape index (κ3) is 4.79. The van der Waals surface area contributed by atoms with Crippen LogP contribution in [0.25, 0.3) is 0 Å². The molecule has 2 amide bonds. The van der Waals surface area contributed by atoms with E-state index in [1.54, 1.807) is 35.8 Å². The zero-order chi connectivity index (χ0) is 21.8. The van der Waals surface area contributed by atoms with Gasteiger partial charge in [-0.2, -0.15) is 0 Å². The SMILES string of the molecule is Cc1cc(C(=O)CN2CCCC(C(=O)N(C)C)C2)c(C)n1NC(=O)c1ccccc1. The maximum Gasteiger partial charge on any atom is 0.270 e. The van der Waals surface area contributed by atoms with Gasteiger partial charge < -0.3 is 4.90 Å². The molecular formula is C23H30N4O3. The highest BCUT2D eigenvalue weighted by Crippen LogP contribution is 2.20. The zero-order valence-corrected chi connectivity index (χ0v) is 18.1. The number of rotatable bonds is 6. The number of hydrogen-bond acceptors (Lipinski definition) is 4. The van der Waals surface area contributed by atoms with Crippen LogP contribution in [0.3, 0.4) is 0 Å². The van der Waals surface area contributed by atoms with Gasteiger partial charge in [-0.15, -0.1) is 0 Å². The van der Waals surface area contributed by atoms with Gasteiger partial charge in [-0.1, -0.05) is 18.2 Å².